The van der Waals surface area contributed by atoms with Crippen molar-refractivity contribution in [3.05, 3.63) is 68.6 Å². The third kappa shape index (κ3) is 3.99. The minimum absolute atomic E-state index is 0.0476. The van der Waals surface area contributed by atoms with Crippen LogP contribution in [0, 0.1) is 10.1 Å². The quantitative estimate of drug-likeness (QED) is 0.412. The molecule has 0 aliphatic carbocycles. The summed E-state index contributed by atoms with van der Waals surface area (Å²) < 4.78 is 10.4. The highest BCUT2D eigenvalue weighted by Gasteiger charge is 2.35. The number of nitro benzene ring substituents is 1. The van der Waals surface area contributed by atoms with E-state index in [0.29, 0.717) is 27.5 Å². The highest BCUT2D eigenvalue weighted by Crippen LogP contribution is 2.35. The second-order valence-corrected chi connectivity index (χ2v) is 6.80. The lowest BCUT2D eigenvalue weighted by molar-refractivity contribution is -0.384. The number of hydrogen-bond donors (Lipinski definition) is 0. The zero-order chi connectivity index (χ0) is 20.3. The van der Waals surface area contributed by atoms with Crippen molar-refractivity contribution in [3.8, 4) is 11.5 Å². The molecular weight excluding hydrogens is 384 g/mol. The average molecular weight is 400 g/mol. The molecule has 28 heavy (non-hydrogen) atoms. The maximum absolute atomic E-state index is 12.6. The van der Waals surface area contributed by atoms with Crippen molar-refractivity contribution in [2.75, 3.05) is 14.2 Å². The van der Waals surface area contributed by atoms with Crippen molar-refractivity contribution in [3.63, 3.8) is 0 Å². The summed E-state index contributed by atoms with van der Waals surface area (Å²) in [6.45, 7) is 0.0476. The van der Waals surface area contributed by atoms with Gasteiger partial charge in [0.1, 0.15) is 0 Å². The number of carbonyl (C=O) groups is 2. The lowest BCUT2D eigenvalue weighted by atomic mass is 10.1. The Morgan fingerprint density at radius 1 is 1.07 bits per heavy atom. The Hall–Kier alpha value is -3.33. The van der Waals surface area contributed by atoms with E-state index in [0.717, 1.165) is 16.7 Å². The van der Waals surface area contributed by atoms with Gasteiger partial charge in [-0.1, -0.05) is 18.2 Å². The SMILES string of the molecule is COc1ccc(/C=C2\SC(=O)N(Cc3ccc([N+](=O)[O-])cc3)C2=O)cc1OC. The first-order valence-electron chi connectivity index (χ1n) is 8.13. The zero-order valence-corrected chi connectivity index (χ0v) is 15.9. The van der Waals surface area contributed by atoms with Crippen LogP contribution in [0.4, 0.5) is 10.5 Å². The number of carbonyl (C=O) groups excluding carboxylic acids is 2. The van der Waals surface area contributed by atoms with E-state index >= 15 is 0 Å². The molecule has 0 atom stereocenters. The van der Waals surface area contributed by atoms with Gasteiger partial charge in [-0.25, -0.2) is 0 Å². The van der Waals surface area contributed by atoms with Crippen LogP contribution in [-0.4, -0.2) is 35.2 Å². The van der Waals surface area contributed by atoms with Crippen LogP contribution in [0.15, 0.2) is 47.4 Å². The Kier molecular flexibility index (Phi) is 5.65. The number of ether oxygens (including phenoxy) is 2. The summed E-state index contributed by atoms with van der Waals surface area (Å²) in [7, 11) is 3.04. The average Bonchev–Trinajstić information content (AvgIpc) is 2.95. The van der Waals surface area contributed by atoms with Crippen LogP contribution in [0.1, 0.15) is 11.1 Å². The first-order valence-corrected chi connectivity index (χ1v) is 8.95. The number of non-ortho nitro benzene ring substituents is 1. The van der Waals surface area contributed by atoms with E-state index in [2.05, 4.69) is 0 Å². The summed E-state index contributed by atoms with van der Waals surface area (Å²) in [5.74, 6) is 0.662. The molecular formula is C19H16N2O6S. The van der Waals surface area contributed by atoms with Crippen LogP contribution in [0.3, 0.4) is 0 Å². The van der Waals surface area contributed by atoms with Gasteiger partial charge in [-0.05, 0) is 41.1 Å². The number of nitro groups is 1. The number of rotatable bonds is 6. The van der Waals surface area contributed by atoms with E-state index in [9.17, 15) is 19.7 Å². The van der Waals surface area contributed by atoms with Crippen molar-refractivity contribution in [2.24, 2.45) is 0 Å². The standard InChI is InChI=1S/C19H16N2O6S/c1-26-15-8-5-13(9-16(15)27-2)10-17-18(22)20(19(23)28-17)11-12-3-6-14(7-4-12)21(24)25/h3-10H,11H2,1-2H3/b17-10-. The van der Waals surface area contributed by atoms with Gasteiger partial charge in [-0.3, -0.25) is 24.6 Å². The third-order valence-corrected chi connectivity index (χ3v) is 4.97. The van der Waals surface area contributed by atoms with Gasteiger partial charge >= 0.3 is 0 Å². The van der Waals surface area contributed by atoms with E-state index < -0.39 is 16.1 Å². The summed E-state index contributed by atoms with van der Waals surface area (Å²) in [6.07, 6.45) is 1.61. The molecule has 2 amide bonds. The number of methoxy groups -OCH3 is 2. The van der Waals surface area contributed by atoms with Crippen LogP contribution in [0.5, 0.6) is 11.5 Å². The summed E-state index contributed by atoms with van der Waals surface area (Å²) in [5, 5.41) is 10.3. The summed E-state index contributed by atoms with van der Waals surface area (Å²) in [5.41, 5.74) is 1.27. The minimum Gasteiger partial charge on any atom is -0.493 e. The van der Waals surface area contributed by atoms with Gasteiger partial charge in [0.05, 0.1) is 30.6 Å². The monoisotopic (exact) mass is 400 g/mol. The summed E-state index contributed by atoms with van der Waals surface area (Å²) >= 11 is 0.846. The fourth-order valence-corrected chi connectivity index (χ4v) is 3.47. The first-order chi connectivity index (χ1) is 13.4. The molecule has 1 saturated heterocycles. The fraction of sp³-hybridized carbons (Fsp3) is 0.158. The van der Waals surface area contributed by atoms with E-state index in [-0.39, 0.29) is 12.2 Å². The number of nitrogens with zero attached hydrogens (tertiary/aromatic N) is 2. The number of imide groups is 1. The van der Waals surface area contributed by atoms with Crippen molar-refractivity contribution < 1.29 is 24.0 Å². The first kappa shape index (κ1) is 19.4. The van der Waals surface area contributed by atoms with Crippen LogP contribution < -0.4 is 9.47 Å². The van der Waals surface area contributed by atoms with E-state index in [1.165, 1.54) is 38.5 Å². The van der Waals surface area contributed by atoms with Gasteiger partial charge < -0.3 is 9.47 Å². The van der Waals surface area contributed by atoms with Crippen LogP contribution in [0.2, 0.25) is 0 Å². The van der Waals surface area contributed by atoms with Gasteiger partial charge in [-0.2, -0.15) is 0 Å². The van der Waals surface area contributed by atoms with Gasteiger partial charge in [0, 0.05) is 12.1 Å². The maximum atomic E-state index is 12.6. The zero-order valence-electron chi connectivity index (χ0n) is 15.1. The minimum atomic E-state index is -0.504. The molecule has 9 heteroatoms. The molecule has 2 aromatic rings. The second kappa shape index (κ2) is 8.13. The number of amides is 2. The topological polar surface area (TPSA) is 99.0 Å². The molecule has 0 radical (unpaired) electrons. The molecule has 0 spiro atoms. The summed E-state index contributed by atoms with van der Waals surface area (Å²) in [6, 6.07) is 10.9. The Morgan fingerprint density at radius 3 is 2.36 bits per heavy atom. The van der Waals surface area contributed by atoms with Crippen LogP contribution >= 0.6 is 11.8 Å². The van der Waals surface area contributed by atoms with Crippen molar-refractivity contribution in [1.82, 2.24) is 4.90 Å². The van der Waals surface area contributed by atoms with Crippen molar-refractivity contribution in [2.45, 2.75) is 6.54 Å². The van der Waals surface area contributed by atoms with Gasteiger partial charge in [-0.15, -0.1) is 0 Å². The van der Waals surface area contributed by atoms with Crippen LogP contribution in [-0.2, 0) is 11.3 Å². The lowest BCUT2D eigenvalue weighted by Crippen LogP contribution is -2.27. The van der Waals surface area contributed by atoms with Crippen LogP contribution in [0.25, 0.3) is 6.08 Å². The molecule has 0 bridgehead atoms. The normalized spacial score (nSPS) is 15.2. The molecule has 1 aliphatic heterocycles. The third-order valence-electron chi connectivity index (χ3n) is 4.07. The van der Waals surface area contributed by atoms with E-state index in [1.807, 2.05) is 0 Å². The van der Waals surface area contributed by atoms with Crippen molar-refractivity contribution >= 4 is 34.7 Å². The summed E-state index contributed by atoms with van der Waals surface area (Å²) in [4.78, 5) is 36.5. The molecule has 3 rings (SSSR count). The molecule has 0 N–H and O–H groups in total. The Morgan fingerprint density at radius 2 is 1.75 bits per heavy atom. The van der Waals surface area contributed by atoms with Gasteiger partial charge in [0.15, 0.2) is 11.5 Å². The Bertz CT molecular complexity index is 971. The highest BCUT2D eigenvalue weighted by atomic mass is 32.2. The number of hydrogen-bond acceptors (Lipinski definition) is 7. The lowest BCUT2D eigenvalue weighted by Gasteiger charge is -2.12. The Labute approximate surface area is 164 Å². The molecule has 0 saturated carbocycles. The molecule has 1 heterocycles. The molecule has 0 unspecified atom stereocenters. The number of thioether (sulfide) groups is 1. The van der Waals surface area contributed by atoms with Gasteiger partial charge in [0.25, 0.3) is 16.8 Å². The molecule has 2 aromatic carbocycles. The second-order valence-electron chi connectivity index (χ2n) is 5.81. The predicted molar refractivity (Wildman–Crippen MR) is 104 cm³/mol. The molecule has 1 aliphatic rings. The maximum Gasteiger partial charge on any atom is 0.293 e. The van der Waals surface area contributed by atoms with Crippen molar-refractivity contribution in [1.29, 1.82) is 0 Å². The van der Waals surface area contributed by atoms with E-state index in [1.54, 1.807) is 24.3 Å². The van der Waals surface area contributed by atoms with E-state index in [4.69, 9.17) is 9.47 Å². The highest BCUT2D eigenvalue weighted by molar-refractivity contribution is 8.18. The smallest absolute Gasteiger partial charge is 0.293 e. The molecule has 8 nitrogen and oxygen atoms in total. The predicted octanol–water partition coefficient (Wildman–Crippen LogP) is 3.85. The molecule has 1 fully saturated rings. The Balaban J connectivity index is 1.79. The fourth-order valence-electron chi connectivity index (χ4n) is 2.64. The number of benzene rings is 2. The van der Waals surface area contributed by atoms with Gasteiger partial charge in [0.2, 0.25) is 0 Å². The molecule has 0 aromatic heterocycles. The largest absolute Gasteiger partial charge is 0.493 e. The molecule has 144 valence electrons.